The van der Waals surface area contributed by atoms with E-state index in [9.17, 15) is 4.79 Å². The van der Waals surface area contributed by atoms with Crippen molar-refractivity contribution in [3.8, 4) is 11.8 Å². The largest absolute Gasteiger partial charge is 0.493 e. The lowest BCUT2D eigenvalue weighted by Gasteiger charge is -2.07. The maximum Gasteiger partial charge on any atom is 0.251 e. The minimum atomic E-state index is -0.151. The van der Waals surface area contributed by atoms with Gasteiger partial charge < -0.3 is 10.1 Å². The molecule has 0 unspecified atom stereocenters. The van der Waals surface area contributed by atoms with Crippen LogP contribution in [0.5, 0.6) is 5.75 Å². The Morgan fingerprint density at radius 3 is 3.05 bits per heavy atom. The fourth-order valence-corrected chi connectivity index (χ4v) is 2.55. The molecule has 2 aromatic carbocycles. The molecule has 0 bridgehead atoms. The molecular weight excluding hydrogens is 276 g/mol. The third-order valence-corrected chi connectivity index (χ3v) is 3.71. The van der Waals surface area contributed by atoms with E-state index < -0.39 is 0 Å². The van der Waals surface area contributed by atoms with Crippen LogP contribution in [-0.4, -0.2) is 19.1 Å². The highest BCUT2D eigenvalue weighted by Gasteiger charge is 2.12. The molecule has 4 nitrogen and oxygen atoms in total. The van der Waals surface area contributed by atoms with E-state index in [0.717, 1.165) is 25.2 Å². The Labute approximate surface area is 129 Å². The maximum atomic E-state index is 12.0. The van der Waals surface area contributed by atoms with E-state index in [0.29, 0.717) is 17.7 Å². The van der Waals surface area contributed by atoms with Crippen LogP contribution in [0, 0.1) is 11.3 Å². The second-order valence-corrected chi connectivity index (χ2v) is 5.24. The Morgan fingerprint density at radius 2 is 2.18 bits per heavy atom. The van der Waals surface area contributed by atoms with Crippen molar-refractivity contribution in [2.24, 2.45) is 0 Å². The molecule has 0 saturated heterocycles. The molecule has 0 spiro atoms. The summed E-state index contributed by atoms with van der Waals surface area (Å²) in [7, 11) is 0. The minimum absolute atomic E-state index is 0.151. The average molecular weight is 292 g/mol. The van der Waals surface area contributed by atoms with Gasteiger partial charge in [0.1, 0.15) is 5.75 Å². The molecular formula is C18H16N2O2. The van der Waals surface area contributed by atoms with E-state index in [1.54, 1.807) is 24.3 Å². The first kappa shape index (κ1) is 14.2. The van der Waals surface area contributed by atoms with E-state index in [4.69, 9.17) is 10.00 Å². The molecule has 0 atom stereocenters. The zero-order chi connectivity index (χ0) is 15.4. The Morgan fingerprint density at radius 1 is 1.27 bits per heavy atom. The van der Waals surface area contributed by atoms with E-state index in [2.05, 4.69) is 11.4 Å². The number of nitrogens with zero attached hydrogens (tertiary/aromatic N) is 1. The van der Waals surface area contributed by atoms with Crippen molar-refractivity contribution in [3.05, 3.63) is 64.7 Å². The van der Waals surface area contributed by atoms with Crippen molar-refractivity contribution >= 4 is 5.91 Å². The number of hydrogen-bond donors (Lipinski definition) is 1. The molecule has 0 aromatic heterocycles. The molecule has 4 heteroatoms. The Bertz CT molecular complexity index is 747. The summed E-state index contributed by atoms with van der Waals surface area (Å²) in [4.78, 5) is 12.0. The first-order valence-electron chi connectivity index (χ1n) is 7.29. The Hall–Kier alpha value is -2.80. The second kappa shape index (κ2) is 6.31. The van der Waals surface area contributed by atoms with E-state index >= 15 is 0 Å². The van der Waals surface area contributed by atoms with Crippen molar-refractivity contribution < 1.29 is 9.53 Å². The number of hydrogen-bond acceptors (Lipinski definition) is 3. The van der Waals surface area contributed by atoms with Crippen LogP contribution < -0.4 is 10.1 Å². The van der Waals surface area contributed by atoms with Gasteiger partial charge in [-0.1, -0.05) is 18.2 Å². The number of carbonyl (C=O) groups excluding carboxylic acids is 1. The summed E-state index contributed by atoms with van der Waals surface area (Å²) in [5.41, 5.74) is 3.44. The summed E-state index contributed by atoms with van der Waals surface area (Å²) < 4.78 is 5.48. The monoisotopic (exact) mass is 292 g/mol. The molecule has 110 valence electrons. The lowest BCUT2D eigenvalue weighted by molar-refractivity contribution is 0.0954. The standard InChI is InChI=1S/C18H16N2O2/c19-12-14-2-1-3-16(11-14)18(21)20-8-6-13-4-5-17-15(10-13)7-9-22-17/h1-5,10-11H,6-9H2,(H,20,21). The van der Waals surface area contributed by atoms with Gasteiger partial charge in [0, 0.05) is 18.5 Å². The topological polar surface area (TPSA) is 62.1 Å². The van der Waals surface area contributed by atoms with Crippen molar-refractivity contribution in [1.82, 2.24) is 5.32 Å². The van der Waals surface area contributed by atoms with Crippen LogP contribution in [0.15, 0.2) is 42.5 Å². The van der Waals surface area contributed by atoms with Crippen LogP contribution in [0.4, 0.5) is 0 Å². The highest BCUT2D eigenvalue weighted by molar-refractivity contribution is 5.94. The van der Waals surface area contributed by atoms with Crippen LogP contribution in [0.3, 0.4) is 0 Å². The van der Waals surface area contributed by atoms with Crippen LogP contribution in [0.2, 0.25) is 0 Å². The highest BCUT2D eigenvalue weighted by atomic mass is 16.5. The van der Waals surface area contributed by atoms with Gasteiger partial charge in [0.25, 0.3) is 5.91 Å². The fourth-order valence-electron chi connectivity index (χ4n) is 2.55. The molecule has 0 fully saturated rings. The van der Waals surface area contributed by atoms with Gasteiger partial charge in [0.15, 0.2) is 0 Å². The number of fused-ring (bicyclic) bond motifs is 1. The average Bonchev–Trinajstić information content (AvgIpc) is 3.02. The van der Waals surface area contributed by atoms with Gasteiger partial charge >= 0.3 is 0 Å². The van der Waals surface area contributed by atoms with Crippen molar-refractivity contribution in [2.45, 2.75) is 12.8 Å². The fraction of sp³-hybridized carbons (Fsp3) is 0.222. The first-order chi connectivity index (χ1) is 10.8. The van der Waals surface area contributed by atoms with Crippen molar-refractivity contribution in [2.75, 3.05) is 13.2 Å². The summed E-state index contributed by atoms with van der Waals surface area (Å²) >= 11 is 0. The zero-order valence-electron chi connectivity index (χ0n) is 12.1. The Balaban J connectivity index is 1.56. The van der Waals surface area contributed by atoms with Gasteiger partial charge in [0.05, 0.1) is 18.2 Å². The third kappa shape index (κ3) is 3.09. The molecule has 0 radical (unpaired) electrons. The maximum absolute atomic E-state index is 12.0. The van der Waals surface area contributed by atoms with Gasteiger partial charge in [-0.2, -0.15) is 5.26 Å². The number of benzene rings is 2. The summed E-state index contributed by atoms with van der Waals surface area (Å²) in [5, 5.41) is 11.7. The summed E-state index contributed by atoms with van der Waals surface area (Å²) in [6.45, 7) is 1.32. The molecule has 0 saturated carbocycles. The van der Waals surface area contributed by atoms with Gasteiger partial charge in [-0.15, -0.1) is 0 Å². The number of carbonyl (C=O) groups is 1. The number of rotatable bonds is 4. The minimum Gasteiger partial charge on any atom is -0.493 e. The molecule has 1 aliphatic rings. The van der Waals surface area contributed by atoms with Gasteiger partial charge in [-0.3, -0.25) is 4.79 Å². The van der Waals surface area contributed by atoms with E-state index in [1.807, 2.05) is 18.2 Å². The lowest BCUT2D eigenvalue weighted by atomic mass is 10.1. The van der Waals surface area contributed by atoms with Gasteiger partial charge in [0.2, 0.25) is 0 Å². The van der Waals surface area contributed by atoms with E-state index in [-0.39, 0.29) is 5.91 Å². The smallest absolute Gasteiger partial charge is 0.251 e. The second-order valence-electron chi connectivity index (χ2n) is 5.24. The van der Waals surface area contributed by atoms with Crippen LogP contribution >= 0.6 is 0 Å². The lowest BCUT2D eigenvalue weighted by Crippen LogP contribution is -2.25. The molecule has 22 heavy (non-hydrogen) atoms. The zero-order valence-corrected chi connectivity index (χ0v) is 12.1. The Kier molecular flexibility index (Phi) is 4.06. The summed E-state index contributed by atoms with van der Waals surface area (Å²) in [5.74, 6) is 0.822. The predicted molar refractivity (Wildman–Crippen MR) is 82.8 cm³/mol. The third-order valence-electron chi connectivity index (χ3n) is 3.71. The molecule has 1 aliphatic heterocycles. The molecule has 3 rings (SSSR count). The SMILES string of the molecule is N#Cc1cccc(C(=O)NCCc2ccc3c(c2)CCO3)c1. The van der Waals surface area contributed by atoms with Crippen LogP contribution in [0.25, 0.3) is 0 Å². The van der Waals surface area contributed by atoms with Crippen molar-refractivity contribution in [1.29, 1.82) is 5.26 Å². The van der Waals surface area contributed by atoms with E-state index in [1.165, 1.54) is 11.1 Å². The highest BCUT2D eigenvalue weighted by Crippen LogP contribution is 2.25. The predicted octanol–water partition coefficient (Wildman–Crippen LogP) is 2.47. The number of nitriles is 1. The molecule has 2 aromatic rings. The molecule has 0 aliphatic carbocycles. The normalized spacial score (nSPS) is 12.1. The molecule has 1 amide bonds. The molecule has 1 N–H and O–H groups in total. The van der Waals surface area contributed by atoms with Crippen LogP contribution in [0.1, 0.15) is 27.0 Å². The van der Waals surface area contributed by atoms with Crippen molar-refractivity contribution in [3.63, 3.8) is 0 Å². The number of ether oxygens (including phenoxy) is 1. The summed E-state index contributed by atoms with van der Waals surface area (Å²) in [6.07, 6.45) is 1.73. The number of nitrogens with one attached hydrogen (secondary N) is 1. The van der Waals surface area contributed by atoms with Gasteiger partial charge in [-0.25, -0.2) is 0 Å². The number of amides is 1. The first-order valence-corrected chi connectivity index (χ1v) is 7.29. The van der Waals surface area contributed by atoms with Crippen LogP contribution in [-0.2, 0) is 12.8 Å². The van der Waals surface area contributed by atoms with Gasteiger partial charge in [-0.05, 0) is 41.8 Å². The quantitative estimate of drug-likeness (QED) is 0.941. The molecule has 1 heterocycles. The summed E-state index contributed by atoms with van der Waals surface area (Å²) in [6, 6.07) is 14.9.